The molecule has 0 aliphatic carbocycles. The van der Waals surface area contributed by atoms with Gasteiger partial charge in [-0.2, -0.15) is 11.8 Å². The lowest BCUT2D eigenvalue weighted by Gasteiger charge is -2.35. The zero-order valence-corrected chi connectivity index (χ0v) is 18.0. The van der Waals surface area contributed by atoms with Gasteiger partial charge in [-0.1, -0.05) is 48.5 Å². The van der Waals surface area contributed by atoms with Crippen LogP contribution < -0.4 is 5.32 Å². The molecule has 2 atom stereocenters. The molecule has 1 aliphatic heterocycles. The van der Waals surface area contributed by atoms with Gasteiger partial charge in [-0.15, -0.1) is 0 Å². The van der Waals surface area contributed by atoms with Crippen LogP contribution in [0.25, 0.3) is 0 Å². The van der Waals surface area contributed by atoms with E-state index in [1.165, 1.54) is 4.90 Å². The minimum atomic E-state index is -1.02. The van der Waals surface area contributed by atoms with Gasteiger partial charge in [0.05, 0.1) is 6.61 Å². The van der Waals surface area contributed by atoms with Crippen molar-refractivity contribution < 1.29 is 19.1 Å². The van der Waals surface area contributed by atoms with Crippen LogP contribution in [-0.4, -0.2) is 60.1 Å². The summed E-state index contributed by atoms with van der Waals surface area (Å²) in [4.78, 5) is 39.7. The number of likely N-dealkylation sites (N-methyl/N-ethyl adjacent to an activating group) is 1. The number of ketones is 1. The fourth-order valence-electron chi connectivity index (χ4n) is 3.21. The number of carbonyl (C=O) groups is 3. The number of ether oxygens (including phenoxy) is 1. The molecule has 3 rings (SSSR count). The van der Waals surface area contributed by atoms with Gasteiger partial charge in [0.15, 0.2) is 5.78 Å². The Kier molecular flexibility index (Phi) is 7.29. The second-order valence-electron chi connectivity index (χ2n) is 7.48. The van der Waals surface area contributed by atoms with E-state index in [4.69, 9.17) is 4.74 Å². The smallest absolute Gasteiger partial charge is 0.251 e. The Hall–Kier alpha value is -2.64. The molecular weight excluding hydrogens is 400 g/mol. The summed E-state index contributed by atoms with van der Waals surface area (Å²) in [7, 11) is 1.60. The summed E-state index contributed by atoms with van der Waals surface area (Å²) in [5.74, 6) is 0.350. The Bertz CT molecular complexity index is 891. The normalized spacial score (nSPS) is 19.3. The molecule has 7 heteroatoms. The Morgan fingerprint density at radius 3 is 2.37 bits per heavy atom. The molecule has 158 valence electrons. The topological polar surface area (TPSA) is 75.7 Å². The minimum absolute atomic E-state index is 0.00207. The van der Waals surface area contributed by atoms with Crippen LogP contribution in [0.15, 0.2) is 60.7 Å². The van der Waals surface area contributed by atoms with Gasteiger partial charge in [0.2, 0.25) is 5.91 Å². The summed E-state index contributed by atoms with van der Waals surface area (Å²) in [5.41, 5.74) is 0.608. The van der Waals surface area contributed by atoms with Crippen LogP contribution in [-0.2, 0) is 20.1 Å². The van der Waals surface area contributed by atoms with Gasteiger partial charge in [-0.25, -0.2) is 0 Å². The Morgan fingerprint density at radius 2 is 1.77 bits per heavy atom. The van der Waals surface area contributed by atoms with E-state index in [-0.39, 0.29) is 30.8 Å². The van der Waals surface area contributed by atoms with Crippen molar-refractivity contribution in [2.45, 2.75) is 24.3 Å². The molecule has 0 saturated carbocycles. The predicted molar refractivity (Wildman–Crippen MR) is 117 cm³/mol. The van der Waals surface area contributed by atoms with Crippen LogP contribution >= 0.6 is 11.8 Å². The van der Waals surface area contributed by atoms with E-state index in [9.17, 15) is 14.4 Å². The summed E-state index contributed by atoms with van der Waals surface area (Å²) in [6, 6.07) is 18.0. The van der Waals surface area contributed by atoms with Crippen molar-refractivity contribution >= 4 is 29.4 Å². The van der Waals surface area contributed by atoms with Crippen molar-refractivity contribution in [3.8, 4) is 0 Å². The molecule has 0 aromatic heterocycles. The van der Waals surface area contributed by atoms with Crippen molar-refractivity contribution in [1.29, 1.82) is 0 Å². The number of hydrogen-bond acceptors (Lipinski definition) is 5. The number of thioether (sulfide) groups is 1. The van der Waals surface area contributed by atoms with E-state index in [2.05, 4.69) is 5.32 Å². The Morgan fingerprint density at radius 1 is 1.13 bits per heavy atom. The fraction of sp³-hybridized carbons (Fsp3) is 0.348. The molecule has 2 unspecified atom stereocenters. The number of rotatable bonds is 8. The van der Waals surface area contributed by atoms with Gasteiger partial charge in [0.1, 0.15) is 18.2 Å². The summed E-state index contributed by atoms with van der Waals surface area (Å²) >= 11 is 1.56. The molecule has 1 N–H and O–H groups in total. The lowest BCUT2D eigenvalue weighted by molar-refractivity contribution is -0.142. The van der Waals surface area contributed by atoms with Crippen molar-refractivity contribution in [3.63, 3.8) is 0 Å². The van der Waals surface area contributed by atoms with Gasteiger partial charge < -0.3 is 15.0 Å². The monoisotopic (exact) mass is 426 g/mol. The highest BCUT2D eigenvalue weighted by Crippen LogP contribution is 2.23. The number of hydrogen-bond donors (Lipinski definition) is 1. The summed E-state index contributed by atoms with van der Waals surface area (Å²) in [6.07, 6.45) is 0. The first kappa shape index (κ1) is 22.1. The molecule has 2 aromatic carbocycles. The standard InChI is InChI=1S/C23H26N2O4S/c1-23(16-29-13-20(23)26)25(2)22(28)19(15-30-14-17-9-5-3-6-10-17)24-21(27)18-11-7-4-8-12-18/h3-12,19H,13-16H2,1-2H3,(H,24,27). The van der Waals surface area contributed by atoms with Crippen molar-refractivity contribution in [2.24, 2.45) is 0 Å². The van der Waals surface area contributed by atoms with Gasteiger partial charge in [0, 0.05) is 24.1 Å². The highest BCUT2D eigenvalue weighted by Gasteiger charge is 2.45. The molecule has 0 bridgehead atoms. The van der Waals surface area contributed by atoms with Crippen molar-refractivity contribution in [3.05, 3.63) is 71.8 Å². The highest BCUT2D eigenvalue weighted by atomic mass is 32.2. The van der Waals surface area contributed by atoms with Crippen LogP contribution in [0.4, 0.5) is 0 Å². The maximum absolute atomic E-state index is 13.3. The van der Waals surface area contributed by atoms with E-state index in [0.29, 0.717) is 11.3 Å². The first-order valence-corrected chi connectivity index (χ1v) is 10.9. The molecule has 0 radical (unpaired) electrons. The third kappa shape index (κ3) is 5.09. The third-order valence-electron chi connectivity index (χ3n) is 5.32. The molecule has 2 aromatic rings. The average Bonchev–Trinajstić information content (AvgIpc) is 3.12. The number of carbonyl (C=O) groups excluding carboxylic acids is 3. The number of amides is 2. The van der Waals surface area contributed by atoms with Crippen LogP contribution in [0, 0.1) is 0 Å². The quantitative estimate of drug-likeness (QED) is 0.702. The van der Waals surface area contributed by atoms with Crippen LogP contribution in [0.2, 0.25) is 0 Å². The Balaban J connectivity index is 1.72. The van der Waals surface area contributed by atoms with Crippen LogP contribution in [0.1, 0.15) is 22.8 Å². The van der Waals surface area contributed by atoms with Crippen molar-refractivity contribution in [1.82, 2.24) is 10.2 Å². The minimum Gasteiger partial charge on any atom is -0.371 e. The van der Waals surface area contributed by atoms with E-state index in [1.807, 2.05) is 36.4 Å². The van der Waals surface area contributed by atoms with E-state index < -0.39 is 11.6 Å². The first-order valence-electron chi connectivity index (χ1n) is 9.78. The third-order valence-corrected chi connectivity index (χ3v) is 6.43. The second kappa shape index (κ2) is 9.91. The average molecular weight is 427 g/mol. The van der Waals surface area contributed by atoms with Crippen molar-refractivity contribution in [2.75, 3.05) is 26.0 Å². The highest BCUT2D eigenvalue weighted by molar-refractivity contribution is 7.98. The first-order chi connectivity index (χ1) is 14.4. The maximum atomic E-state index is 13.3. The lowest BCUT2D eigenvalue weighted by Crippen LogP contribution is -2.59. The van der Waals surface area contributed by atoms with Gasteiger partial charge >= 0.3 is 0 Å². The maximum Gasteiger partial charge on any atom is 0.251 e. The summed E-state index contributed by atoms with van der Waals surface area (Å²) < 4.78 is 5.28. The molecular formula is C23H26N2O4S. The molecule has 1 aliphatic rings. The van der Waals surface area contributed by atoms with E-state index >= 15 is 0 Å². The second-order valence-corrected chi connectivity index (χ2v) is 8.51. The summed E-state index contributed by atoms with van der Waals surface area (Å²) in [6.45, 7) is 1.86. The SMILES string of the molecule is CN(C(=O)C(CSCc1ccccc1)NC(=O)c1ccccc1)C1(C)COCC1=O. The molecule has 1 saturated heterocycles. The zero-order chi connectivity index (χ0) is 21.6. The molecule has 1 fully saturated rings. The van der Waals surface area contributed by atoms with E-state index in [0.717, 1.165) is 11.3 Å². The summed E-state index contributed by atoms with van der Waals surface area (Å²) in [5, 5.41) is 2.85. The van der Waals surface area contributed by atoms with Crippen LogP contribution in [0.3, 0.4) is 0 Å². The van der Waals surface area contributed by atoms with Gasteiger partial charge in [-0.05, 0) is 24.6 Å². The molecule has 1 heterocycles. The lowest BCUT2D eigenvalue weighted by atomic mass is 9.97. The predicted octanol–water partition coefficient (Wildman–Crippen LogP) is 2.53. The zero-order valence-electron chi connectivity index (χ0n) is 17.2. The molecule has 30 heavy (non-hydrogen) atoms. The Labute approximate surface area is 181 Å². The largest absolute Gasteiger partial charge is 0.371 e. The number of Topliss-reactive ketones (excluding diaryl/α,β-unsaturated/α-hetero) is 1. The number of nitrogens with zero attached hydrogens (tertiary/aromatic N) is 1. The van der Waals surface area contributed by atoms with Gasteiger partial charge in [-0.3, -0.25) is 14.4 Å². The van der Waals surface area contributed by atoms with Crippen LogP contribution in [0.5, 0.6) is 0 Å². The van der Waals surface area contributed by atoms with Gasteiger partial charge in [0.25, 0.3) is 5.91 Å². The number of benzene rings is 2. The fourth-order valence-corrected chi connectivity index (χ4v) is 4.22. The molecule has 0 spiro atoms. The molecule has 2 amide bonds. The molecule has 6 nitrogen and oxygen atoms in total. The van der Waals surface area contributed by atoms with E-state index in [1.54, 1.807) is 50.0 Å². The number of nitrogens with one attached hydrogen (secondary N) is 1.